The number of sulfonamides is 1. The molecule has 1 aromatic rings. The van der Waals surface area contributed by atoms with Crippen LogP contribution in [0.25, 0.3) is 0 Å². The second-order valence-electron chi connectivity index (χ2n) is 5.81. The average Bonchev–Trinajstić information content (AvgIpc) is 2.47. The lowest BCUT2D eigenvalue weighted by atomic mass is 10.1. The molecule has 118 valence electrons. The van der Waals surface area contributed by atoms with E-state index in [9.17, 15) is 8.42 Å². The lowest BCUT2D eigenvalue weighted by Crippen LogP contribution is -2.50. The summed E-state index contributed by atoms with van der Waals surface area (Å²) in [6, 6.07) is 7.97. The molecule has 1 aliphatic heterocycles. The first-order chi connectivity index (χ1) is 9.92. The predicted octanol–water partition coefficient (Wildman–Crippen LogP) is 1.00. The molecule has 1 fully saturated rings. The number of piperazine rings is 1. The zero-order chi connectivity index (χ0) is 15.5. The molecule has 1 saturated heterocycles. The van der Waals surface area contributed by atoms with E-state index in [-0.39, 0.29) is 5.75 Å². The molecule has 0 bridgehead atoms. The standard InChI is InChI=1S/C15H25N3O2S/c1-13(2)17-6-8-18(9-7-17)21(19,20)12-15-5-3-4-14(10-15)11-16/h3-5,10,13H,6-9,11-12,16H2,1-2H3. The first-order valence-corrected chi connectivity index (χ1v) is 9.03. The fraction of sp³-hybridized carbons (Fsp3) is 0.600. The van der Waals surface area contributed by atoms with Crippen LogP contribution in [0.2, 0.25) is 0 Å². The van der Waals surface area contributed by atoms with Crippen molar-refractivity contribution in [3.8, 4) is 0 Å². The summed E-state index contributed by atoms with van der Waals surface area (Å²) in [5, 5.41) is 0. The van der Waals surface area contributed by atoms with E-state index in [0.29, 0.717) is 25.7 Å². The van der Waals surface area contributed by atoms with Crippen LogP contribution in [0.3, 0.4) is 0 Å². The fourth-order valence-electron chi connectivity index (χ4n) is 2.65. The van der Waals surface area contributed by atoms with Gasteiger partial charge in [0, 0.05) is 38.8 Å². The topological polar surface area (TPSA) is 66.6 Å². The van der Waals surface area contributed by atoms with E-state index >= 15 is 0 Å². The fourth-order valence-corrected chi connectivity index (χ4v) is 4.15. The third-order valence-corrected chi connectivity index (χ3v) is 5.82. The normalized spacial score (nSPS) is 18.3. The molecule has 5 nitrogen and oxygen atoms in total. The molecule has 0 amide bonds. The van der Waals surface area contributed by atoms with Crippen molar-refractivity contribution in [3.05, 3.63) is 35.4 Å². The molecule has 2 rings (SSSR count). The van der Waals surface area contributed by atoms with Gasteiger partial charge in [-0.25, -0.2) is 8.42 Å². The quantitative estimate of drug-likeness (QED) is 0.881. The Morgan fingerprint density at radius 3 is 2.33 bits per heavy atom. The van der Waals surface area contributed by atoms with E-state index in [0.717, 1.165) is 24.2 Å². The molecule has 0 spiro atoms. The molecule has 21 heavy (non-hydrogen) atoms. The van der Waals surface area contributed by atoms with Crippen LogP contribution in [0, 0.1) is 0 Å². The highest BCUT2D eigenvalue weighted by molar-refractivity contribution is 7.88. The van der Waals surface area contributed by atoms with Crippen molar-refractivity contribution < 1.29 is 8.42 Å². The van der Waals surface area contributed by atoms with Gasteiger partial charge in [-0.15, -0.1) is 0 Å². The zero-order valence-electron chi connectivity index (χ0n) is 12.8. The van der Waals surface area contributed by atoms with E-state index in [2.05, 4.69) is 18.7 Å². The average molecular weight is 311 g/mol. The Morgan fingerprint density at radius 1 is 1.14 bits per heavy atom. The Bertz CT molecular complexity index is 564. The SMILES string of the molecule is CC(C)N1CCN(S(=O)(=O)Cc2cccc(CN)c2)CC1. The van der Waals surface area contributed by atoms with Gasteiger partial charge in [-0.05, 0) is 25.0 Å². The minimum absolute atomic E-state index is 0.0581. The molecule has 6 heteroatoms. The number of hydrogen-bond acceptors (Lipinski definition) is 4. The van der Waals surface area contributed by atoms with Crippen molar-refractivity contribution in [2.75, 3.05) is 26.2 Å². The van der Waals surface area contributed by atoms with E-state index in [4.69, 9.17) is 5.73 Å². The minimum Gasteiger partial charge on any atom is -0.326 e. The van der Waals surface area contributed by atoms with Crippen LogP contribution in [-0.2, 0) is 22.3 Å². The summed E-state index contributed by atoms with van der Waals surface area (Å²) in [6.07, 6.45) is 0. The van der Waals surface area contributed by atoms with E-state index in [1.54, 1.807) is 4.31 Å². The first kappa shape index (κ1) is 16.4. The van der Waals surface area contributed by atoms with Gasteiger partial charge in [0.05, 0.1) is 5.75 Å². The lowest BCUT2D eigenvalue weighted by Gasteiger charge is -2.36. The number of benzene rings is 1. The highest BCUT2D eigenvalue weighted by Gasteiger charge is 2.27. The largest absolute Gasteiger partial charge is 0.326 e. The Balaban J connectivity index is 2.02. The second-order valence-corrected chi connectivity index (χ2v) is 7.78. The Kier molecular flexibility index (Phi) is 5.37. The van der Waals surface area contributed by atoms with Gasteiger partial charge in [-0.2, -0.15) is 4.31 Å². The van der Waals surface area contributed by atoms with Gasteiger partial charge >= 0.3 is 0 Å². The Hall–Kier alpha value is -0.950. The molecular formula is C15H25N3O2S. The molecule has 1 aliphatic rings. The van der Waals surface area contributed by atoms with Crippen LogP contribution < -0.4 is 5.73 Å². The lowest BCUT2D eigenvalue weighted by molar-refractivity contribution is 0.154. The van der Waals surface area contributed by atoms with Gasteiger partial charge in [-0.3, -0.25) is 4.90 Å². The second kappa shape index (κ2) is 6.87. The van der Waals surface area contributed by atoms with Crippen molar-refractivity contribution in [3.63, 3.8) is 0 Å². The first-order valence-electron chi connectivity index (χ1n) is 7.42. The summed E-state index contributed by atoms with van der Waals surface area (Å²) in [4.78, 5) is 2.31. The van der Waals surface area contributed by atoms with E-state index in [1.807, 2.05) is 24.3 Å². The van der Waals surface area contributed by atoms with Crippen LogP contribution in [0.4, 0.5) is 0 Å². The van der Waals surface area contributed by atoms with Gasteiger partial charge in [0.2, 0.25) is 10.0 Å². The van der Waals surface area contributed by atoms with Crippen LogP contribution in [0.1, 0.15) is 25.0 Å². The van der Waals surface area contributed by atoms with Crippen LogP contribution in [0.5, 0.6) is 0 Å². The maximum Gasteiger partial charge on any atom is 0.218 e. The number of nitrogens with two attached hydrogens (primary N) is 1. The van der Waals surface area contributed by atoms with Gasteiger partial charge in [0.1, 0.15) is 0 Å². The molecule has 0 saturated carbocycles. The maximum atomic E-state index is 12.5. The monoisotopic (exact) mass is 311 g/mol. The molecule has 2 N–H and O–H groups in total. The van der Waals surface area contributed by atoms with E-state index in [1.165, 1.54) is 0 Å². The third-order valence-electron chi connectivity index (χ3n) is 3.97. The van der Waals surface area contributed by atoms with Crippen molar-refractivity contribution in [2.45, 2.75) is 32.2 Å². The number of rotatable bonds is 5. The summed E-state index contributed by atoms with van der Waals surface area (Å²) in [5.41, 5.74) is 7.38. The maximum absolute atomic E-state index is 12.5. The van der Waals surface area contributed by atoms with E-state index < -0.39 is 10.0 Å². The van der Waals surface area contributed by atoms with Gasteiger partial charge < -0.3 is 5.73 Å². The third kappa shape index (κ3) is 4.26. The Labute approximate surface area is 127 Å². The van der Waals surface area contributed by atoms with Crippen molar-refractivity contribution in [1.29, 1.82) is 0 Å². The van der Waals surface area contributed by atoms with Crippen LogP contribution in [0.15, 0.2) is 24.3 Å². The molecule has 0 radical (unpaired) electrons. The number of hydrogen-bond donors (Lipinski definition) is 1. The number of nitrogens with zero attached hydrogens (tertiary/aromatic N) is 2. The van der Waals surface area contributed by atoms with Crippen LogP contribution >= 0.6 is 0 Å². The van der Waals surface area contributed by atoms with Gasteiger partial charge in [-0.1, -0.05) is 24.3 Å². The highest BCUT2D eigenvalue weighted by Crippen LogP contribution is 2.15. The molecule has 1 aromatic carbocycles. The summed E-state index contributed by atoms with van der Waals surface area (Å²) >= 11 is 0. The molecule has 0 aromatic heterocycles. The minimum atomic E-state index is -3.24. The summed E-state index contributed by atoms with van der Waals surface area (Å²) in [7, 11) is -3.24. The zero-order valence-corrected chi connectivity index (χ0v) is 13.6. The molecular weight excluding hydrogens is 286 g/mol. The Morgan fingerprint density at radius 2 is 1.76 bits per heavy atom. The molecule has 0 aliphatic carbocycles. The highest BCUT2D eigenvalue weighted by atomic mass is 32.2. The summed E-state index contributed by atoms with van der Waals surface area (Å²) < 4.78 is 26.6. The molecule has 1 heterocycles. The smallest absolute Gasteiger partial charge is 0.218 e. The van der Waals surface area contributed by atoms with Crippen molar-refractivity contribution in [2.24, 2.45) is 5.73 Å². The summed E-state index contributed by atoms with van der Waals surface area (Å²) in [6.45, 7) is 7.49. The predicted molar refractivity (Wildman–Crippen MR) is 85.2 cm³/mol. The van der Waals surface area contributed by atoms with Crippen molar-refractivity contribution >= 4 is 10.0 Å². The van der Waals surface area contributed by atoms with Gasteiger partial charge in [0.25, 0.3) is 0 Å². The van der Waals surface area contributed by atoms with Crippen molar-refractivity contribution in [1.82, 2.24) is 9.21 Å². The van der Waals surface area contributed by atoms with Crippen LogP contribution in [-0.4, -0.2) is 49.8 Å². The summed E-state index contributed by atoms with van der Waals surface area (Å²) in [5.74, 6) is 0.0581. The van der Waals surface area contributed by atoms with Gasteiger partial charge in [0.15, 0.2) is 0 Å². The molecule has 0 atom stereocenters. The molecule has 0 unspecified atom stereocenters.